The van der Waals surface area contributed by atoms with E-state index in [9.17, 15) is 24.3 Å². The van der Waals surface area contributed by atoms with E-state index in [0.29, 0.717) is 47.7 Å². The summed E-state index contributed by atoms with van der Waals surface area (Å²) in [6.07, 6.45) is 3.37. The normalized spacial score (nSPS) is 25.0. The molecule has 1 aliphatic carbocycles. The lowest BCUT2D eigenvalue weighted by Gasteiger charge is -2.30. The van der Waals surface area contributed by atoms with E-state index in [1.807, 2.05) is 51.3 Å². The van der Waals surface area contributed by atoms with Gasteiger partial charge in [0, 0.05) is 41.8 Å². The number of anilines is 1. The molecule has 1 aromatic carbocycles. The number of methoxy groups -OCH3 is 1. The Kier molecular flexibility index (Phi) is 11.3. The number of aromatic nitrogens is 2. The van der Waals surface area contributed by atoms with Crippen LogP contribution in [0.2, 0.25) is 0 Å². The van der Waals surface area contributed by atoms with Gasteiger partial charge in [-0.3, -0.25) is 14.4 Å². The molecule has 2 fully saturated rings. The van der Waals surface area contributed by atoms with Crippen LogP contribution in [0.25, 0.3) is 22.3 Å². The van der Waals surface area contributed by atoms with Crippen molar-refractivity contribution in [3.63, 3.8) is 0 Å². The maximum absolute atomic E-state index is 14.3. The Morgan fingerprint density at radius 1 is 1.17 bits per heavy atom. The monoisotopic (exact) mass is 747 g/mol. The van der Waals surface area contributed by atoms with Crippen molar-refractivity contribution in [1.29, 1.82) is 0 Å². The lowest BCUT2D eigenvalue weighted by Crippen LogP contribution is -2.54. The standard InChI is InChI=1S/C39H49N5O8S/c1-7-24-17-39(24,36(47)48)18-31(45)30-14-25-19-44(30)35(46)34(21(2)3)43-38(49)51-12-10-8-9-11-23-13-26-27(15-32(23)50-6)41-28(16-33(26)52-25)29-20-53-37(42-29)40-22(4)5/h7,13,15-16,20-22,24-25,30,34H,1,8-12,14,17-19H2,2-6H3,(H,40,42)(H,43,49)(H,47,48)/t24-,25+,30-,34-,39+/m0/s1. The number of thiazole rings is 1. The number of carboxylic acids is 1. The van der Waals surface area contributed by atoms with Gasteiger partial charge < -0.3 is 34.9 Å². The molecule has 3 aromatic rings. The molecule has 1 saturated heterocycles. The van der Waals surface area contributed by atoms with Gasteiger partial charge in [0.15, 0.2) is 10.9 Å². The molecule has 13 nitrogen and oxygen atoms in total. The molecular weight excluding hydrogens is 699 g/mol. The minimum atomic E-state index is -1.25. The van der Waals surface area contributed by atoms with E-state index in [2.05, 4.69) is 17.2 Å². The largest absolute Gasteiger partial charge is 0.496 e. The number of aryl methyl sites for hydroxylation is 1. The second-order valence-corrected chi connectivity index (χ2v) is 15.8. The Hall–Kier alpha value is -4.72. The predicted octanol–water partition coefficient (Wildman–Crippen LogP) is 6.25. The van der Waals surface area contributed by atoms with Crippen LogP contribution >= 0.6 is 11.3 Å². The number of Topliss-reactive ketones (excluding diaryl/α,β-unsaturated/α-hetero) is 1. The topological polar surface area (TPSA) is 169 Å². The Morgan fingerprint density at radius 3 is 2.64 bits per heavy atom. The van der Waals surface area contributed by atoms with Crippen LogP contribution in [0.5, 0.6) is 11.5 Å². The zero-order chi connectivity index (χ0) is 38.0. The van der Waals surface area contributed by atoms with Crippen molar-refractivity contribution < 1.29 is 38.5 Å². The summed E-state index contributed by atoms with van der Waals surface area (Å²) in [5.74, 6) is -1.34. The van der Waals surface area contributed by atoms with Gasteiger partial charge in [0.1, 0.15) is 29.3 Å². The summed E-state index contributed by atoms with van der Waals surface area (Å²) in [5.41, 5.74) is 1.61. The first-order valence-electron chi connectivity index (χ1n) is 18.4. The highest BCUT2D eigenvalue weighted by atomic mass is 32.1. The second-order valence-electron chi connectivity index (χ2n) is 15.0. The van der Waals surface area contributed by atoms with Gasteiger partial charge in [-0.15, -0.1) is 17.9 Å². The van der Waals surface area contributed by atoms with Crippen LogP contribution in [0.1, 0.15) is 71.8 Å². The molecule has 4 heterocycles. The number of ketones is 1. The first-order valence-corrected chi connectivity index (χ1v) is 19.2. The van der Waals surface area contributed by atoms with Crippen molar-refractivity contribution in [2.75, 3.05) is 25.6 Å². The van der Waals surface area contributed by atoms with Crippen LogP contribution in [-0.2, 0) is 25.5 Å². The van der Waals surface area contributed by atoms with Crippen molar-refractivity contribution in [2.45, 2.75) is 96.9 Å². The summed E-state index contributed by atoms with van der Waals surface area (Å²) >= 11 is 1.48. The van der Waals surface area contributed by atoms with Crippen LogP contribution < -0.4 is 20.1 Å². The van der Waals surface area contributed by atoms with Crippen molar-refractivity contribution in [2.24, 2.45) is 17.3 Å². The molecule has 0 spiro atoms. The molecule has 6 rings (SSSR count). The van der Waals surface area contributed by atoms with Gasteiger partial charge in [-0.2, -0.15) is 0 Å². The first-order chi connectivity index (χ1) is 25.3. The molecule has 0 radical (unpaired) electrons. The molecule has 2 aliphatic heterocycles. The number of amides is 2. The Morgan fingerprint density at radius 2 is 1.96 bits per heavy atom. The molecule has 14 heteroatoms. The van der Waals surface area contributed by atoms with Crippen LogP contribution in [-0.4, -0.2) is 88.2 Å². The average Bonchev–Trinajstić information content (AvgIpc) is 3.39. The Labute approximate surface area is 313 Å². The number of carbonyl (C=O) groups is 4. The first kappa shape index (κ1) is 38.0. The molecule has 4 bridgehead atoms. The van der Waals surface area contributed by atoms with Gasteiger partial charge in [0.05, 0.1) is 42.9 Å². The molecule has 0 unspecified atom stereocenters. The number of alkyl carbamates (subject to hydrolysis) is 1. The van der Waals surface area contributed by atoms with E-state index < -0.39 is 41.6 Å². The van der Waals surface area contributed by atoms with Crippen molar-refractivity contribution in [1.82, 2.24) is 20.2 Å². The third-order valence-electron chi connectivity index (χ3n) is 10.4. The number of pyridine rings is 1. The van der Waals surface area contributed by atoms with Crippen LogP contribution in [0, 0.1) is 17.3 Å². The van der Waals surface area contributed by atoms with Crippen molar-refractivity contribution in [3.8, 4) is 22.9 Å². The number of benzene rings is 1. The van der Waals surface area contributed by atoms with E-state index in [1.165, 1.54) is 16.2 Å². The molecule has 5 atom stereocenters. The summed E-state index contributed by atoms with van der Waals surface area (Å²) in [5, 5.41) is 19.6. The van der Waals surface area contributed by atoms with Gasteiger partial charge in [-0.05, 0) is 69.4 Å². The van der Waals surface area contributed by atoms with Gasteiger partial charge in [-0.25, -0.2) is 14.8 Å². The third-order valence-corrected chi connectivity index (χ3v) is 11.2. The van der Waals surface area contributed by atoms with Crippen LogP contribution in [0.4, 0.5) is 9.93 Å². The number of hydrogen-bond donors (Lipinski definition) is 3. The van der Waals surface area contributed by atoms with Crippen LogP contribution in [0.3, 0.4) is 0 Å². The molecular formula is C39H49N5O8S. The van der Waals surface area contributed by atoms with E-state index in [-0.39, 0.29) is 49.7 Å². The highest BCUT2D eigenvalue weighted by molar-refractivity contribution is 7.14. The SMILES string of the molecule is C=C[C@H]1C[C@]1(CC(=O)[C@@H]1C[C@@H]2CN1C(=O)[C@H](C(C)C)NC(=O)OCCCCCc1cc3c(cc(-c4csc(NC(C)C)n4)nc3cc1OC)O2)C(=O)O. The van der Waals surface area contributed by atoms with Gasteiger partial charge in [0.2, 0.25) is 5.91 Å². The molecule has 2 amide bonds. The Balaban J connectivity index is 1.42. The maximum atomic E-state index is 14.3. The lowest BCUT2D eigenvalue weighted by molar-refractivity contribution is -0.147. The fourth-order valence-corrected chi connectivity index (χ4v) is 8.27. The number of aliphatic carboxylic acids is 1. The number of nitrogens with one attached hydrogen (secondary N) is 2. The molecule has 1 saturated carbocycles. The van der Waals surface area contributed by atoms with Crippen LogP contribution in [0.15, 0.2) is 36.2 Å². The third kappa shape index (κ3) is 8.12. The number of ether oxygens (including phenoxy) is 3. The molecule has 53 heavy (non-hydrogen) atoms. The lowest BCUT2D eigenvalue weighted by atomic mass is 9.92. The number of carboxylic acid groups (broad SMARTS) is 1. The fraction of sp³-hybridized carbons (Fsp3) is 0.538. The number of hydrogen-bond acceptors (Lipinski definition) is 11. The van der Waals surface area contributed by atoms with E-state index in [1.54, 1.807) is 13.2 Å². The minimum Gasteiger partial charge on any atom is -0.496 e. The molecule has 3 aliphatic rings. The number of fused-ring (bicyclic) bond motifs is 3. The number of nitrogens with zero attached hydrogens (tertiary/aromatic N) is 3. The maximum Gasteiger partial charge on any atom is 0.407 e. The quantitative estimate of drug-likeness (QED) is 0.201. The molecule has 3 N–H and O–H groups in total. The second kappa shape index (κ2) is 15.7. The zero-order valence-electron chi connectivity index (χ0n) is 31.0. The predicted molar refractivity (Wildman–Crippen MR) is 201 cm³/mol. The van der Waals surface area contributed by atoms with E-state index >= 15 is 0 Å². The highest BCUT2D eigenvalue weighted by Gasteiger charge is 2.61. The zero-order valence-corrected chi connectivity index (χ0v) is 31.8. The number of rotatable bonds is 10. The number of cyclic esters (lactones) is 1. The molecule has 284 valence electrons. The van der Waals surface area contributed by atoms with E-state index in [4.69, 9.17) is 24.2 Å². The highest BCUT2D eigenvalue weighted by Crippen LogP contribution is 2.56. The fourth-order valence-electron chi connectivity index (χ4n) is 7.41. The smallest absolute Gasteiger partial charge is 0.407 e. The number of allylic oxidation sites excluding steroid dienone is 1. The Bertz CT molecular complexity index is 1890. The average molecular weight is 748 g/mol. The summed E-state index contributed by atoms with van der Waals surface area (Å²) < 4.78 is 18.1. The number of carbonyl (C=O) groups excluding carboxylic acids is 3. The molecule has 2 aromatic heterocycles. The van der Waals surface area contributed by atoms with E-state index in [0.717, 1.165) is 28.9 Å². The minimum absolute atomic E-state index is 0.0431. The van der Waals surface area contributed by atoms with Crippen molar-refractivity contribution in [3.05, 3.63) is 41.8 Å². The van der Waals surface area contributed by atoms with Gasteiger partial charge in [0.25, 0.3) is 0 Å². The summed E-state index contributed by atoms with van der Waals surface area (Å²) in [4.78, 5) is 64.9. The van der Waals surface area contributed by atoms with Gasteiger partial charge in [-0.1, -0.05) is 19.9 Å². The summed E-state index contributed by atoms with van der Waals surface area (Å²) in [6, 6.07) is 4.01. The summed E-state index contributed by atoms with van der Waals surface area (Å²) in [6.45, 7) is 11.7. The summed E-state index contributed by atoms with van der Waals surface area (Å²) in [7, 11) is 1.63. The van der Waals surface area contributed by atoms with Crippen molar-refractivity contribution >= 4 is 51.1 Å². The van der Waals surface area contributed by atoms with Gasteiger partial charge >= 0.3 is 12.1 Å².